The number of benzene rings is 2. The quantitative estimate of drug-likeness (QED) is 0.789. The van der Waals surface area contributed by atoms with Crippen molar-refractivity contribution < 1.29 is 9.59 Å². The van der Waals surface area contributed by atoms with Gasteiger partial charge in [-0.3, -0.25) is 9.59 Å². The summed E-state index contributed by atoms with van der Waals surface area (Å²) in [6.45, 7) is 0.370. The minimum absolute atomic E-state index is 0.0460. The van der Waals surface area contributed by atoms with Gasteiger partial charge in [0.1, 0.15) is 0 Å². The van der Waals surface area contributed by atoms with E-state index in [0.29, 0.717) is 6.54 Å². The van der Waals surface area contributed by atoms with Gasteiger partial charge in [-0.25, -0.2) is 0 Å². The van der Waals surface area contributed by atoms with Crippen LogP contribution in [-0.4, -0.2) is 17.7 Å². The van der Waals surface area contributed by atoms with E-state index in [0.717, 1.165) is 16.5 Å². The maximum absolute atomic E-state index is 12.0. The van der Waals surface area contributed by atoms with Crippen molar-refractivity contribution in [2.45, 2.75) is 6.42 Å². The molecule has 0 aromatic heterocycles. The van der Waals surface area contributed by atoms with Crippen LogP contribution in [-0.2, 0) is 9.59 Å². The molecule has 1 atom stereocenters. The number of carbonyl (C=O) groups excluding carboxylic acids is 2. The summed E-state index contributed by atoms with van der Waals surface area (Å²) in [7, 11) is 0. The summed E-state index contributed by atoms with van der Waals surface area (Å²) < 4.78 is 0. The number of nitrogens with zero attached hydrogens (tertiary/aromatic N) is 1. The molecule has 19 heavy (non-hydrogen) atoms. The van der Waals surface area contributed by atoms with Crippen LogP contribution in [0.1, 0.15) is 6.42 Å². The van der Waals surface area contributed by atoms with Crippen molar-refractivity contribution >= 4 is 39.2 Å². The number of hydrogen-bond acceptors (Lipinski definition) is 2. The minimum Gasteiger partial charge on any atom is -0.311 e. The van der Waals surface area contributed by atoms with Crippen LogP contribution in [0.15, 0.2) is 42.5 Å². The summed E-state index contributed by atoms with van der Waals surface area (Å²) in [6, 6.07) is 13.7. The Morgan fingerprint density at radius 3 is 2.63 bits per heavy atom. The topological polar surface area (TPSA) is 37.4 Å². The summed E-state index contributed by atoms with van der Waals surface area (Å²) in [5.74, 6) is -0.441. The predicted molar refractivity (Wildman–Crippen MR) is 75.3 cm³/mol. The van der Waals surface area contributed by atoms with Crippen molar-refractivity contribution in [3.63, 3.8) is 0 Å². The summed E-state index contributed by atoms with van der Waals surface area (Å²) in [5, 5.41) is 1.66. The van der Waals surface area contributed by atoms with Gasteiger partial charge in [0, 0.05) is 18.4 Å². The molecule has 3 rings (SSSR count). The van der Waals surface area contributed by atoms with Gasteiger partial charge in [-0.2, -0.15) is 0 Å². The molecular weight excluding hydrogens is 262 g/mol. The second-order valence-electron chi connectivity index (χ2n) is 4.71. The minimum atomic E-state index is -0.434. The van der Waals surface area contributed by atoms with E-state index in [1.165, 1.54) is 0 Å². The molecule has 0 unspecified atom stereocenters. The summed E-state index contributed by atoms with van der Waals surface area (Å²) in [5.41, 5.74) is 0.850. The highest BCUT2D eigenvalue weighted by Gasteiger charge is 2.34. The molecule has 1 amide bonds. The van der Waals surface area contributed by atoms with E-state index >= 15 is 0 Å². The highest BCUT2D eigenvalue weighted by atomic mass is 35.5. The SMILES string of the molecule is O=C(Cl)[C@@H]1CC(=O)N(c2cccc3ccccc23)C1. The lowest BCUT2D eigenvalue weighted by Gasteiger charge is -2.18. The molecule has 4 heteroatoms. The van der Waals surface area contributed by atoms with E-state index in [1.807, 2.05) is 42.5 Å². The lowest BCUT2D eigenvalue weighted by Crippen LogP contribution is -2.25. The zero-order valence-corrected chi connectivity index (χ0v) is 10.9. The van der Waals surface area contributed by atoms with Gasteiger partial charge in [-0.05, 0) is 23.1 Å². The third-order valence-corrected chi connectivity index (χ3v) is 3.81. The first-order chi connectivity index (χ1) is 9.16. The maximum Gasteiger partial charge on any atom is 0.227 e. The molecule has 0 N–H and O–H groups in total. The van der Waals surface area contributed by atoms with Crippen molar-refractivity contribution in [3.05, 3.63) is 42.5 Å². The number of halogens is 1. The van der Waals surface area contributed by atoms with Gasteiger partial charge in [0.15, 0.2) is 0 Å². The largest absolute Gasteiger partial charge is 0.311 e. The van der Waals surface area contributed by atoms with Gasteiger partial charge < -0.3 is 4.90 Å². The second-order valence-corrected chi connectivity index (χ2v) is 5.08. The fraction of sp³-hybridized carbons (Fsp3) is 0.200. The van der Waals surface area contributed by atoms with Gasteiger partial charge in [0.2, 0.25) is 11.1 Å². The van der Waals surface area contributed by atoms with Crippen LogP contribution in [0.4, 0.5) is 5.69 Å². The summed E-state index contributed by atoms with van der Waals surface area (Å²) >= 11 is 5.50. The molecule has 2 aromatic rings. The smallest absolute Gasteiger partial charge is 0.227 e. The standard InChI is InChI=1S/C15H12ClNO2/c16-15(19)11-8-14(18)17(9-11)13-7-3-5-10-4-1-2-6-12(10)13/h1-7,11H,8-9H2/t11-/m1/s1. The molecule has 1 fully saturated rings. The first-order valence-electron chi connectivity index (χ1n) is 6.14. The van der Waals surface area contributed by atoms with Crippen molar-refractivity contribution in [3.8, 4) is 0 Å². The Morgan fingerprint density at radius 1 is 1.16 bits per heavy atom. The molecule has 0 aliphatic carbocycles. The van der Waals surface area contributed by atoms with Crippen LogP contribution < -0.4 is 4.90 Å². The van der Waals surface area contributed by atoms with Gasteiger partial charge in [0.25, 0.3) is 0 Å². The molecule has 1 aliphatic heterocycles. The number of anilines is 1. The lowest BCUT2D eigenvalue weighted by atomic mass is 10.1. The predicted octanol–water partition coefficient (Wildman–Crippen LogP) is 2.96. The van der Waals surface area contributed by atoms with Gasteiger partial charge in [-0.1, -0.05) is 36.4 Å². The van der Waals surface area contributed by atoms with Crippen LogP contribution in [0, 0.1) is 5.92 Å². The number of hydrogen-bond donors (Lipinski definition) is 0. The Bertz CT molecular complexity index is 663. The number of rotatable bonds is 2. The van der Waals surface area contributed by atoms with Crippen molar-refractivity contribution in [2.75, 3.05) is 11.4 Å². The highest BCUT2D eigenvalue weighted by Crippen LogP contribution is 2.32. The van der Waals surface area contributed by atoms with Gasteiger partial charge >= 0.3 is 0 Å². The molecule has 0 bridgehead atoms. The molecule has 0 radical (unpaired) electrons. The fourth-order valence-corrected chi connectivity index (χ4v) is 2.68. The van der Waals surface area contributed by atoms with Crippen molar-refractivity contribution in [2.24, 2.45) is 5.92 Å². The number of amides is 1. The Labute approximate surface area is 115 Å². The third-order valence-electron chi connectivity index (χ3n) is 3.50. The molecule has 1 aliphatic rings. The molecule has 0 spiro atoms. The average Bonchev–Trinajstić information content (AvgIpc) is 2.80. The third kappa shape index (κ3) is 2.10. The van der Waals surface area contributed by atoms with Crippen LogP contribution >= 0.6 is 11.6 Å². The van der Waals surface area contributed by atoms with Crippen molar-refractivity contribution in [1.82, 2.24) is 0 Å². The zero-order chi connectivity index (χ0) is 13.4. The molecule has 0 saturated carbocycles. The molecule has 1 saturated heterocycles. The van der Waals surface area contributed by atoms with E-state index in [9.17, 15) is 9.59 Å². The fourth-order valence-electron chi connectivity index (χ4n) is 2.54. The Morgan fingerprint density at radius 2 is 1.89 bits per heavy atom. The molecule has 96 valence electrons. The first-order valence-corrected chi connectivity index (χ1v) is 6.52. The van der Waals surface area contributed by atoms with Crippen LogP contribution in [0.5, 0.6) is 0 Å². The van der Waals surface area contributed by atoms with Crippen LogP contribution in [0.3, 0.4) is 0 Å². The van der Waals surface area contributed by atoms with Crippen LogP contribution in [0.2, 0.25) is 0 Å². The summed E-state index contributed by atoms with van der Waals surface area (Å²) in [6.07, 6.45) is 0.200. The van der Waals surface area contributed by atoms with E-state index in [1.54, 1.807) is 4.90 Å². The summed E-state index contributed by atoms with van der Waals surface area (Å²) in [4.78, 5) is 24.9. The molecular formula is C15H12ClNO2. The van der Waals surface area contributed by atoms with Gasteiger partial charge in [-0.15, -0.1) is 0 Å². The van der Waals surface area contributed by atoms with Crippen molar-refractivity contribution in [1.29, 1.82) is 0 Å². The first kappa shape index (κ1) is 12.2. The van der Waals surface area contributed by atoms with E-state index in [2.05, 4.69) is 0 Å². The Balaban J connectivity index is 2.05. The van der Waals surface area contributed by atoms with E-state index in [4.69, 9.17) is 11.6 Å². The molecule has 1 heterocycles. The van der Waals surface area contributed by atoms with E-state index < -0.39 is 11.2 Å². The number of carbonyl (C=O) groups is 2. The van der Waals surface area contributed by atoms with E-state index in [-0.39, 0.29) is 12.3 Å². The highest BCUT2D eigenvalue weighted by molar-refractivity contribution is 6.64. The van der Waals surface area contributed by atoms with Crippen LogP contribution in [0.25, 0.3) is 10.8 Å². The van der Waals surface area contributed by atoms with Gasteiger partial charge in [0.05, 0.1) is 11.6 Å². The Kier molecular flexibility index (Phi) is 2.99. The Hall–Kier alpha value is -1.87. The maximum atomic E-state index is 12.0. The normalized spacial score (nSPS) is 19.1. The lowest BCUT2D eigenvalue weighted by molar-refractivity contribution is -0.120. The molecule has 3 nitrogen and oxygen atoms in total. The number of fused-ring (bicyclic) bond motifs is 1. The molecule has 2 aromatic carbocycles. The second kappa shape index (κ2) is 4.67. The zero-order valence-electron chi connectivity index (χ0n) is 10.2. The average molecular weight is 274 g/mol. The monoisotopic (exact) mass is 273 g/mol.